The number of benzene rings is 1. The van der Waals surface area contributed by atoms with Crippen LogP contribution >= 0.6 is 0 Å². The van der Waals surface area contributed by atoms with Crippen LogP contribution in [-0.4, -0.2) is 67.6 Å². The van der Waals surface area contributed by atoms with Crippen molar-refractivity contribution in [2.75, 3.05) is 12.3 Å². The van der Waals surface area contributed by atoms with Crippen LogP contribution in [0.4, 0.5) is 5.82 Å². The predicted octanol–water partition coefficient (Wildman–Crippen LogP) is -0.485. The maximum absolute atomic E-state index is 10.7. The van der Waals surface area contributed by atoms with Gasteiger partial charge >= 0.3 is 0 Å². The second-order valence-electron chi connectivity index (χ2n) is 6.78. The van der Waals surface area contributed by atoms with Crippen LogP contribution in [0, 0.1) is 6.92 Å². The maximum Gasteiger partial charge on any atom is 0.123 e. The molecular formula is C19H24N2O6. The number of aliphatic hydroxyl groups excluding tert-OH is 5. The van der Waals surface area contributed by atoms with Gasteiger partial charge in [-0.05, 0) is 41.3 Å². The molecule has 0 bridgehead atoms. The zero-order chi connectivity index (χ0) is 19.7. The highest BCUT2D eigenvalue weighted by Gasteiger charge is 2.46. The highest BCUT2D eigenvalue weighted by Crippen LogP contribution is 2.33. The van der Waals surface area contributed by atoms with Crippen LogP contribution in [0.15, 0.2) is 36.5 Å². The Kier molecular flexibility index (Phi) is 5.75. The Labute approximate surface area is 156 Å². The maximum atomic E-state index is 10.7. The van der Waals surface area contributed by atoms with Gasteiger partial charge in [0.05, 0.1) is 6.61 Å². The summed E-state index contributed by atoms with van der Waals surface area (Å²) >= 11 is 0. The Hall–Kier alpha value is -2.07. The molecule has 6 atom stereocenters. The van der Waals surface area contributed by atoms with E-state index in [2.05, 4.69) is 4.98 Å². The highest BCUT2D eigenvalue weighted by atomic mass is 16.6. The molecule has 1 saturated heterocycles. The molecule has 0 radical (unpaired) electrons. The van der Waals surface area contributed by atoms with Crippen molar-refractivity contribution in [3.8, 4) is 11.1 Å². The minimum atomic E-state index is -1.53. The number of nitrogens with zero attached hydrogens (tertiary/aromatic N) is 1. The third kappa shape index (κ3) is 3.81. The molecule has 8 heteroatoms. The van der Waals surface area contributed by atoms with Gasteiger partial charge in [-0.1, -0.05) is 18.2 Å². The van der Waals surface area contributed by atoms with Crippen LogP contribution in [0.25, 0.3) is 11.1 Å². The number of rotatable bonds is 4. The second kappa shape index (κ2) is 7.89. The lowest BCUT2D eigenvalue weighted by atomic mass is 9.88. The van der Waals surface area contributed by atoms with E-state index < -0.39 is 43.2 Å². The van der Waals surface area contributed by atoms with Gasteiger partial charge in [-0.15, -0.1) is 0 Å². The van der Waals surface area contributed by atoms with Gasteiger partial charge in [-0.3, -0.25) is 0 Å². The van der Waals surface area contributed by atoms with E-state index in [0.717, 1.165) is 16.7 Å². The first-order chi connectivity index (χ1) is 12.8. The summed E-state index contributed by atoms with van der Waals surface area (Å²) in [4.78, 5) is 3.96. The lowest BCUT2D eigenvalue weighted by molar-refractivity contribution is -0.250. The number of hydrogen-bond acceptors (Lipinski definition) is 8. The Bertz CT molecular complexity index is 800. The first-order valence-electron chi connectivity index (χ1n) is 8.64. The smallest absolute Gasteiger partial charge is 0.123 e. The molecule has 8 nitrogen and oxygen atoms in total. The van der Waals surface area contributed by atoms with Gasteiger partial charge in [0.2, 0.25) is 0 Å². The molecule has 7 N–H and O–H groups in total. The SMILES string of the molecule is Cc1cc(-c2ccnc(N)c2)ccc1[C@@H](O)[C@H]1OC(CO)[C@@H](O)C(O)C1O. The second-order valence-corrected chi connectivity index (χ2v) is 6.78. The molecule has 27 heavy (non-hydrogen) atoms. The Balaban J connectivity index is 1.87. The molecule has 0 spiro atoms. The Morgan fingerprint density at radius 2 is 1.78 bits per heavy atom. The van der Waals surface area contributed by atoms with Crippen molar-refractivity contribution >= 4 is 5.82 Å². The fourth-order valence-electron chi connectivity index (χ4n) is 3.38. The van der Waals surface area contributed by atoms with E-state index in [1.54, 1.807) is 31.3 Å². The summed E-state index contributed by atoms with van der Waals surface area (Å²) < 4.78 is 5.45. The van der Waals surface area contributed by atoms with Gasteiger partial charge in [-0.25, -0.2) is 4.98 Å². The molecule has 1 fully saturated rings. The van der Waals surface area contributed by atoms with E-state index in [0.29, 0.717) is 11.4 Å². The molecule has 146 valence electrons. The lowest BCUT2D eigenvalue weighted by Gasteiger charge is -2.42. The highest BCUT2D eigenvalue weighted by molar-refractivity contribution is 5.67. The molecular weight excluding hydrogens is 352 g/mol. The summed E-state index contributed by atoms with van der Waals surface area (Å²) in [6.45, 7) is 1.26. The van der Waals surface area contributed by atoms with E-state index in [9.17, 15) is 25.5 Å². The van der Waals surface area contributed by atoms with Crippen molar-refractivity contribution in [2.45, 2.75) is 43.5 Å². The van der Waals surface area contributed by atoms with Crippen molar-refractivity contribution in [2.24, 2.45) is 0 Å². The first-order valence-corrected chi connectivity index (χ1v) is 8.64. The molecule has 0 aliphatic carbocycles. The average Bonchev–Trinajstić information content (AvgIpc) is 2.66. The number of nitrogens with two attached hydrogens (primary N) is 1. The first kappa shape index (κ1) is 19.7. The summed E-state index contributed by atoms with van der Waals surface area (Å²) in [6, 6.07) is 8.91. The van der Waals surface area contributed by atoms with Gasteiger partial charge in [0.1, 0.15) is 42.4 Å². The van der Waals surface area contributed by atoms with Crippen LogP contribution in [-0.2, 0) is 4.74 Å². The molecule has 1 aliphatic heterocycles. The quantitative estimate of drug-likeness (QED) is 0.419. The molecule has 3 rings (SSSR count). The van der Waals surface area contributed by atoms with E-state index >= 15 is 0 Å². The van der Waals surface area contributed by atoms with Crippen LogP contribution in [0.3, 0.4) is 0 Å². The summed E-state index contributed by atoms with van der Waals surface area (Å²) in [6.07, 6.45) is -6.41. The Morgan fingerprint density at radius 1 is 1.07 bits per heavy atom. The third-order valence-electron chi connectivity index (χ3n) is 4.94. The van der Waals surface area contributed by atoms with Crippen LogP contribution in [0.5, 0.6) is 0 Å². The van der Waals surface area contributed by atoms with Crippen LogP contribution in [0.1, 0.15) is 17.2 Å². The lowest BCUT2D eigenvalue weighted by Crippen LogP contribution is -2.59. The fourth-order valence-corrected chi connectivity index (χ4v) is 3.38. The number of hydrogen-bond donors (Lipinski definition) is 6. The van der Waals surface area contributed by atoms with E-state index in [1.807, 2.05) is 12.1 Å². The normalized spacial score (nSPS) is 29.5. The topological polar surface area (TPSA) is 149 Å². The average molecular weight is 376 g/mol. The third-order valence-corrected chi connectivity index (χ3v) is 4.94. The minimum absolute atomic E-state index is 0.399. The molecule has 0 saturated carbocycles. The number of ether oxygens (including phenoxy) is 1. The number of aromatic nitrogens is 1. The van der Waals surface area contributed by atoms with E-state index in [1.165, 1.54) is 0 Å². The summed E-state index contributed by atoms with van der Waals surface area (Å²) in [5, 5.41) is 50.0. The number of pyridine rings is 1. The summed E-state index contributed by atoms with van der Waals surface area (Å²) in [7, 11) is 0. The van der Waals surface area contributed by atoms with E-state index in [-0.39, 0.29) is 0 Å². The van der Waals surface area contributed by atoms with Gasteiger partial charge < -0.3 is 36.0 Å². The summed E-state index contributed by atoms with van der Waals surface area (Å²) in [5.74, 6) is 0.399. The fraction of sp³-hybridized carbons (Fsp3) is 0.421. The monoisotopic (exact) mass is 376 g/mol. The largest absolute Gasteiger partial charge is 0.394 e. The predicted molar refractivity (Wildman–Crippen MR) is 97.5 cm³/mol. The van der Waals surface area contributed by atoms with Crippen LogP contribution < -0.4 is 5.73 Å². The van der Waals surface area contributed by atoms with Gasteiger partial charge in [-0.2, -0.15) is 0 Å². The molecule has 1 aromatic heterocycles. The summed E-state index contributed by atoms with van der Waals surface area (Å²) in [5.41, 5.74) is 8.72. The van der Waals surface area contributed by atoms with Gasteiger partial charge in [0, 0.05) is 6.20 Å². The number of nitrogen functional groups attached to an aromatic ring is 1. The van der Waals surface area contributed by atoms with Crippen molar-refractivity contribution in [1.29, 1.82) is 0 Å². The zero-order valence-corrected chi connectivity index (χ0v) is 14.8. The standard InChI is InChI=1S/C19H24N2O6/c1-9-6-10(11-4-5-21-14(20)7-11)2-3-12(9)15(23)19-18(26)17(25)16(24)13(8-22)27-19/h2-7,13,15-19,22-26H,8H2,1H3,(H2,20,21)/t13?,15-,16-,17?,18?,19-/m1/s1. The number of aliphatic hydroxyl groups is 5. The van der Waals surface area contributed by atoms with E-state index in [4.69, 9.17) is 10.5 Å². The van der Waals surface area contributed by atoms with Crippen molar-refractivity contribution in [3.05, 3.63) is 47.7 Å². The zero-order valence-electron chi connectivity index (χ0n) is 14.8. The molecule has 3 unspecified atom stereocenters. The van der Waals surface area contributed by atoms with Gasteiger partial charge in [0.15, 0.2) is 0 Å². The number of aryl methyl sites for hydroxylation is 1. The van der Waals surface area contributed by atoms with Crippen molar-refractivity contribution < 1.29 is 30.3 Å². The number of anilines is 1. The Morgan fingerprint density at radius 3 is 2.41 bits per heavy atom. The molecule has 2 aromatic rings. The molecule has 0 amide bonds. The van der Waals surface area contributed by atoms with Crippen molar-refractivity contribution in [1.82, 2.24) is 4.98 Å². The van der Waals surface area contributed by atoms with Gasteiger partial charge in [0.25, 0.3) is 0 Å². The molecule has 2 heterocycles. The van der Waals surface area contributed by atoms with Crippen molar-refractivity contribution in [3.63, 3.8) is 0 Å². The van der Waals surface area contributed by atoms with Crippen LogP contribution in [0.2, 0.25) is 0 Å². The molecule has 1 aromatic carbocycles. The minimum Gasteiger partial charge on any atom is -0.394 e. The molecule has 1 aliphatic rings.